The summed E-state index contributed by atoms with van der Waals surface area (Å²) in [5.74, 6) is -0.145. The summed E-state index contributed by atoms with van der Waals surface area (Å²) in [6.45, 7) is 0. The molecule has 0 aliphatic heterocycles. The topological polar surface area (TPSA) is 96.9 Å². The minimum atomic E-state index is -0.397. The van der Waals surface area contributed by atoms with E-state index in [1.54, 1.807) is 29.6 Å². The van der Waals surface area contributed by atoms with E-state index in [1.807, 2.05) is 0 Å². The summed E-state index contributed by atoms with van der Waals surface area (Å²) in [5.41, 5.74) is 6.27. The van der Waals surface area contributed by atoms with Crippen LogP contribution < -0.4 is 15.8 Å². The number of carbonyl (C=O) groups excluding carboxylic acids is 1. The van der Waals surface area contributed by atoms with Gasteiger partial charge in [-0.3, -0.25) is 4.79 Å². The van der Waals surface area contributed by atoms with E-state index in [0.29, 0.717) is 26.9 Å². The quantitative estimate of drug-likeness (QED) is 0.348. The lowest BCUT2D eigenvalue weighted by Crippen LogP contribution is -2.19. The Labute approximate surface area is 129 Å². The number of anilines is 1. The van der Waals surface area contributed by atoms with Gasteiger partial charge in [0.2, 0.25) is 0 Å². The number of thiophene rings is 1. The molecule has 4 N–H and O–H groups in total. The third-order valence-electron chi connectivity index (χ3n) is 2.69. The number of amides is 1. The van der Waals surface area contributed by atoms with E-state index in [1.165, 1.54) is 18.4 Å². The van der Waals surface area contributed by atoms with Gasteiger partial charge in [-0.15, -0.1) is 11.3 Å². The first-order chi connectivity index (χ1) is 10.1. The number of ether oxygens (including phenoxy) is 1. The van der Waals surface area contributed by atoms with Crippen molar-refractivity contribution in [3.8, 4) is 5.75 Å². The van der Waals surface area contributed by atoms with E-state index in [9.17, 15) is 4.79 Å². The zero-order valence-corrected chi connectivity index (χ0v) is 12.5. The SMILES string of the molecule is COc1cccc(/C(N)=N/O)c1NC(=O)c1sccc1Cl. The normalized spacial score (nSPS) is 11.2. The first kappa shape index (κ1) is 15.1. The fraction of sp³-hybridized carbons (Fsp3) is 0.0769. The number of carbonyl (C=O) groups is 1. The van der Waals surface area contributed by atoms with Gasteiger partial charge in [-0.05, 0) is 23.6 Å². The van der Waals surface area contributed by atoms with Crippen molar-refractivity contribution in [3.63, 3.8) is 0 Å². The second-order valence-electron chi connectivity index (χ2n) is 3.92. The average Bonchev–Trinajstić information content (AvgIpc) is 2.92. The van der Waals surface area contributed by atoms with Crippen molar-refractivity contribution in [1.29, 1.82) is 0 Å². The van der Waals surface area contributed by atoms with Gasteiger partial charge in [0.05, 0.1) is 17.8 Å². The zero-order chi connectivity index (χ0) is 15.4. The van der Waals surface area contributed by atoms with Crippen molar-refractivity contribution in [2.45, 2.75) is 0 Å². The molecule has 0 saturated carbocycles. The van der Waals surface area contributed by atoms with Crippen LogP contribution in [-0.2, 0) is 0 Å². The molecule has 1 heterocycles. The molecule has 2 aromatic rings. The predicted octanol–water partition coefficient (Wildman–Crippen LogP) is 2.76. The van der Waals surface area contributed by atoms with Gasteiger partial charge in [-0.25, -0.2) is 0 Å². The Bertz CT molecular complexity index is 700. The molecule has 6 nitrogen and oxygen atoms in total. The van der Waals surface area contributed by atoms with Crippen molar-refractivity contribution in [1.82, 2.24) is 0 Å². The number of benzene rings is 1. The number of hydrogen-bond acceptors (Lipinski definition) is 5. The molecule has 8 heteroatoms. The Morgan fingerprint density at radius 1 is 1.48 bits per heavy atom. The number of rotatable bonds is 4. The summed E-state index contributed by atoms with van der Waals surface area (Å²) in [6.07, 6.45) is 0. The van der Waals surface area contributed by atoms with Crippen LogP contribution in [0.5, 0.6) is 5.75 Å². The van der Waals surface area contributed by atoms with Crippen LogP contribution in [0.4, 0.5) is 5.69 Å². The Kier molecular flexibility index (Phi) is 4.66. The summed E-state index contributed by atoms with van der Waals surface area (Å²) in [5, 5.41) is 16.5. The molecule has 0 aliphatic carbocycles. The molecule has 1 aromatic carbocycles. The van der Waals surface area contributed by atoms with Crippen molar-refractivity contribution < 1.29 is 14.7 Å². The van der Waals surface area contributed by atoms with Crippen LogP contribution in [0.1, 0.15) is 15.2 Å². The number of halogens is 1. The van der Waals surface area contributed by atoms with Crippen LogP contribution in [0.2, 0.25) is 5.02 Å². The Morgan fingerprint density at radius 3 is 2.81 bits per heavy atom. The van der Waals surface area contributed by atoms with Gasteiger partial charge in [0.1, 0.15) is 10.6 Å². The van der Waals surface area contributed by atoms with Crippen LogP contribution >= 0.6 is 22.9 Å². The molecule has 0 spiro atoms. The van der Waals surface area contributed by atoms with Crippen molar-refractivity contribution in [3.05, 3.63) is 45.1 Å². The lowest BCUT2D eigenvalue weighted by Gasteiger charge is -2.13. The predicted molar refractivity (Wildman–Crippen MR) is 82.8 cm³/mol. The smallest absolute Gasteiger partial charge is 0.267 e. The highest BCUT2D eigenvalue weighted by Crippen LogP contribution is 2.30. The second kappa shape index (κ2) is 6.47. The highest BCUT2D eigenvalue weighted by atomic mass is 35.5. The first-order valence-corrected chi connectivity index (χ1v) is 7.03. The van der Waals surface area contributed by atoms with Crippen LogP contribution in [0, 0.1) is 0 Å². The molecule has 0 radical (unpaired) electrons. The zero-order valence-electron chi connectivity index (χ0n) is 11.0. The van der Waals surface area contributed by atoms with Crippen molar-refractivity contribution in [2.75, 3.05) is 12.4 Å². The van der Waals surface area contributed by atoms with Gasteiger partial charge in [0.15, 0.2) is 5.84 Å². The molecule has 2 rings (SSSR count). The van der Waals surface area contributed by atoms with Gasteiger partial charge < -0.3 is 21.0 Å². The summed E-state index contributed by atoms with van der Waals surface area (Å²) >= 11 is 7.15. The highest BCUT2D eigenvalue weighted by molar-refractivity contribution is 7.12. The van der Waals surface area contributed by atoms with Gasteiger partial charge in [-0.2, -0.15) is 0 Å². The molecule has 0 aliphatic rings. The minimum absolute atomic E-state index is 0.138. The fourth-order valence-corrected chi connectivity index (χ4v) is 2.76. The Hall–Kier alpha value is -2.25. The number of oxime groups is 1. The van der Waals surface area contributed by atoms with Crippen molar-refractivity contribution in [2.24, 2.45) is 10.9 Å². The number of nitrogens with zero attached hydrogens (tertiary/aromatic N) is 1. The summed E-state index contributed by atoms with van der Waals surface area (Å²) in [7, 11) is 1.46. The number of hydrogen-bond donors (Lipinski definition) is 3. The molecular weight excluding hydrogens is 314 g/mol. The molecule has 0 saturated heterocycles. The summed E-state index contributed by atoms with van der Waals surface area (Å²) < 4.78 is 5.19. The molecule has 1 aromatic heterocycles. The van der Waals surface area contributed by atoms with Crippen LogP contribution in [0.3, 0.4) is 0 Å². The highest BCUT2D eigenvalue weighted by Gasteiger charge is 2.18. The molecule has 21 heavy (non-hydrogen) atoms. The maximum absolute atomic E-state index is 12.2. The van der Waals surface area contributed by atoms with E-state index >= 15 is 0 Å². The summed E-state index contributed by atoms with van der Waals surface area (Å²) in [6, 6.07) is 6.55. The van der Waals surface area contributed by atoms with E-state index in [-0.39, 0.29) is 5.84 Å². The number of para-hydroxylation sites is 1. The lowest BCUT2D eigenvalue weighted by molar-refractivity contribution is 0.103. The first-order valence-electron chi connectivity index (χ1n) is 5.77. The van der Waals surface area contributed by atoms with E-state index in [4.69, 9.17) is 27.3 Å². The molecule has 110 valence electrons. The molecule has 1 amide bonds. The largest absolute Gasteiger partial charge is 0.495 e. The minimum Gasteiger partial charge on any atom is -0.495 e. The number of nitrogens with one attached hydrogen (secondary N) is 1. The molecule has 0 atom stereocenters. The second-order valence-corrected chi connectivity index (χ2v) is 5.24. The van der Waals surface area contributed by atoms with Crippen LogP contribution in [0.15, 0.2) is 34.8 Å². The van der Waals surface area contributed by atoms with Gasteiger partial charge in [-0.1, -0.05) is 22.8 Å². The van der Waals surface area contributed by atoms with Gasteiger partial charge in [0.25, 0.3) is 5.91 Å². The Balaban J connectivity index is 2.43. The maximum Gasteiger partial charge on any atom is 0.267 e. The van der Waals surface area contributed by atoms with Gasteiger partial charge in [0, 0.05) is 5.56 Å². The standard InChI is InChI=1S/C13H12ClN3O3S/c1-20-9-4-2-3-7(12(15)17-19)10(9)16-13(18)11-8(14)5-6-21-11/h2-6,19H,1H3,(H2,15,17)(H,16,18). The van der Waals surface area contributed by atoms with Crippen LogP contribution in [0.25, 0.3) is 0 Å². The van der Waals surface area contributed by atoms with E-state index < -0.39 is 5.91 Å². The third kappa shape index (κ3) is 3.09. The molecular formula is C13H12ClN3O3S. The fourth-order valence-electron chi connectivity index (χ4n) is 1.72. The maximum atomic E-state index is 12.2. The molecule has 0 unspecified atom stereocenters. The molecule has 0 bridgehead atoms. The van der Waals surface area contributed by atoms with Crippen molar-refractivity contribution >= 4 is 40.4 Å². The number of amidine groups is 1. The lowest BCUT2D eigenvalue weighted by atomic mass is 10.1. The monoisotopic (exact) mass is 325 g/mol. The van der Waals surface area contributed by atoms with E-state index in [2.05, 4.69) is 10.5 Å². The number of methoxy groups -OCH3 is 1. The van der Waals surface area contributed by atoms with Crippen LogP contribution in [-0.4, -0.2) is 24.1 Å². The molecule has 0 fully saturated rings. The Morgan fingerprint density at radius 2 is 2.24 bits per heavy atom. The summed E-state index contributed by atoms with van der Waals surface area (Å²) in [4.78, 5) is 12.6. The third-order valence-corrected chi connectivity index (χ3v) is 4.03. The van der Waals surface area contributed by atoms with E-state index in [0.717, 1.165) is 0 Å². The average molecular weight is 326 g/mol. The van der Waals surface area contributed by atoms with Gasteiger partial charge >= 0.3 is 0 Å². The number of nitrogens with two attached hydrogens (primary N) is 1.